The highest BCUT2D eigenvalue weighted by molar-refractivity contribution is 5.91. The van der Waals surface area contributed by atoms with E-state index in [4.69, 9.17) is 5.73 Å². The molecule has 0 fully saturated rings. The van der Waals surface area contributed by atoms with Crippen molar-refractivity contribution in [1.29, 1.82) is 0 Å². The largest absolute Gasteiger partial charge is 0.465 e. The maximum absolute atomic E-state index is 11.5. The van der Waals surface area contributed by atoms with Gasteiger partial charge in [0, 0.05) is 0 Å². The molecule has 2 unspecified atom stereocenters. The van der Waals surface area contributed by atoms with E-state index in [-0.39, 0.29) is 6.42 Å². The molecule has 0 heterocycles. The Hall–Kier alpha value is -1.92. The fourth-order valence-corrected chi connectivity index (χ4v) is 1.83. The quantitative estimate of drug-likeness (QED) is 0.653. The fourth-order valence-electron chi connectivity index (χ4n) is 1.83. The number of carbonyl (C=O) groups excluding carboxylic acids is 2. The number of hydrogen-bond donors (Lipinski definition) is 3. The molecular weight excluding hydrogens is 250 g/mol. The number of aliphatic hydroxyl groups is 2. The van der Waals surface area contributed by atoms with Gasteiger partial charge in [0.15, 0.2) is 0 Å². The zero-order chi connectivity index (χ0) is 14.6. The van der Waals surface area contributed by atoms with Gasteiger partial charge >= 0.3 is 5.97 Å². The lowest BCUT2D eigenvalue weighted by Gasteiger charge is -2.19. The van der Waals surface area contributed by atoms with Crippen molar-refractivity contribution in [3.05, 3.63) is 34.9 Å². The number of rotatable bonds is 5. The Labute approximate surface area is 110 Å². The van der Waals surface area contributed by atoms with Gasteiger partial charge in [-0.15, -0.1) is 0 Å². The van der Waals surface area contributed by atoms with Crippen molar-refractivity contribution in [3.63, 3.8) is 0 Å². The number of primary amides is 1. The van der Waals surface area contributed by atoms with Crippen LogP contribution in [0, 0.1) is 6.92 Å². The second-order valence-electron chi connectivity index (χ2n) is 4.19. The van der Waals surface area contributed by atoms with Crippen molar-refractivity contribution in [3.8, 4) is 0 Å². The molecule has 6 heteroatoms. The molecule has 1 rings (SSSR count). The summed E-state index contributed by atoms with van der Waals surface area (Å²) >= 11 is 0. The summed E-state index contributed by atoms with van der Waals surface area (Å²) in [4.78, 5) is 22.2. The summed E-state index contributed by atoms with van der Waals surface area (Å²) in [6, 6.07) is 4.68. The van der Waals surface area contributed by atoms with Crippen molar-refractivity contribution >= 4 is 11.9 Å². The highest BCUT2D eigenvalue weighted by atomic mass is 16.5. The lowest BCUT2D eigenvalue weighted by molar-refractivity contribution is -0.121. The van der Waals surface area contributed by atoms with Gasteiger partial charge in [0.05, 0.1) is 25.2 Å². The average molecular weight is 267 g/mol. The standard InChI is InChI=1S/C13H17NO5/c1-7-8(12(17)10(15)6-11(14)16)4-3-5-9(7)13(18)19-2/h3-5,10,12,15,17H,6H2,1-2H3,(H2,14,16). The van der Waals surface area contributed by atoms with Gasteiger partial charge in [-0.25, -0.2) is 4.79 Å². The average Bonchev–Trinajstić information content (AvgIpc) is 2.36. The monoisotopic (exact) mass is 267 g/mol. The summed E-state index contributed by atoms with van der Waals surface area (Å²) in [5, 5.41) is 19.7. The first kappa shape index (κ1) is 15.1. The van der Waals surface area contributed by atoms with E-state index in [0.29, 0.717) is 16.7 Å². The lowest BCUT2D eigenvalue weighted by Crippen LogP contribution is -2.26. The highest BCUT2D eigenvalue weighted by Crippen LogP contribution is 2.25. The maximum Gasteiger partial charge on any atom is 0.338 e. The molecule has 0 saturated heterocycles. The predicted molar refractivity (Wildman–Crippen MR) is 67.3 cm³/mol. The molecule has 6 nitrogen and oxygen atoms in total. The van der Waals surface area contributed by atoms with Crippen LogP contribution in [0.5, 0.6) is 0 Å². The number of esters is 1. The molecule has 19 heavy (non-hydrogen) atoms. The van der Waals surface area contributed by atoms with Crippen LogP contribution in [0.15, 0.2) is 18.2 Å². The molecule has 4 N–H and O–H groups in total. The smallest absolute Gasteiger partial charge is 0.338 e. The molecule has 0 saturated carbocycles. The molecule has 2 atom stereocenters. The van der Waals surface area contributed by atoms with Gasteiger partial charge < -0.3 is 20.7 Å². The van der Waals surface area contributed by atoms with Crippen LogP contribution < -0.4 is 5.73 Å². The molecule has 0 radical (unpaired) electrons. The number of amides is 1. The van der Waals surface area contributed by atoms with E-state index in [1.54, 1.807) is 25.1 Å². The van der Waals surface area contributed by atoms with Gasteiger partial charge in [-0.1, -0.05) is 12.1 Å². The third-order valence-electron chi connectivity index (χ3n) is 2.87. The third kappa shape index (κ3) is 3.52. The van der Waals surface area contributed by atoms with E-state index >= 15 is 0 Å². The maximum atomic E-state index is 11.5. The second kappa shape index (κ2) is 6.31. The first-order valence-electron chi connectivity index (χ1n) is 5.70. The highest BCUT2D eigenvalue weighted by Gasteiger charge is 2.23. The molecular formula is C13H17NO5. The van der Waals surface area contributed by atoms with Gasteiger partial charge in [0.1, 0.15) is 6.10 Å². The van der Waals surface area contributed by atoms with E-state index < -0.39 is 24.1 Å². The van der Waals surface area contributed by atoms with E-state index in [1.807, 2.05) is 0 Å². The van der Waals surface area contributed by atoms with E-state index in [0.717, 1.165) is 0 Å². The molecule has 0 aliphatic heterocycles. The fraction of sp³-hybridized carbons (Fsp3) is 0.385. The number of methoxy groups -OCH3 is 1. The number of benzene rings is 1. The summed E-state index contributed by atoms with van der Waals surface area (Å²) in [7, 11) is 1.26. The first-order valence-corrected chi connectivity index (χ1v) is 5.70. The Morgan fingerprint density at radius 3 is 2.53 bits per heavy atom. The molecule has 0 spiro atoms. The van der Waals surface area contributed by atoms with Crippen LogP contribution in [0.25, 0.3) is 0 Å². The summed E-state index contributed by atoms with van der Waals surface area (Å²) in [5.74, 6) is -1.25. The van der Waals surface area contributed by atoms with Crippen LogP contribution in [-0.4, -0.2) is 35.3 Å². The Kier molecular flexibility index (Phi) is 5.02. The van der Waals surface area contributed by atoms with Gasteiger partial charge in [-0.3, -0.25) is 4.79 Å². The summed E-state index contributed by atoms with van der Waals surface area (Å²) in [6.07, 6.45) is -2.97. The Morgan fingerprint density at radius 2 is 2.00 bits per heavy atom. The normalized spacial score (nSPS) is 13.7. The van der Waals surface area contributed by atoms with Crippen molar-refractivity contribution in [2.24, 2.45) is 5.73 Å². The molecule has 0 bridgehead atoms. The van der Waals surface area contributed by atoms with Crippen molar-refractivity contribution < 1.29 is 24.5 Å². The Bertz CT molecular complexity index is 486. The summed E-state index contributed by atoms with van der Waals surface area (Å²) in [6.45, 7) is 1.63. The molecule has 1 amide bonds. The predicted octanol–water partition coefficient (Wildman–Crippen LogP) is 0.0513. The number of nitrogens with two attached hydrogens (primary N) is 1. The lowest BCUT2D eigenvalue weighted by atomic mass is 9.94. The van der Waals surface area contributed by atoms with E-state index in [1.165, 1.54) is 7.11 Å². The van der Waals surface area contributed by atoms with Crippen LogP contribution in [0.3, 0.4) is 0 Å². The molecule has 1 aromatic carbocycles. The molecule has 0 aliphatic rings. The number of aliphatic hydroxyl groups excluding tert-OH is 2. The van der Waals surface area contributed by atoms with Crippen LogP contribution in [0.4, 0.5) is 0 Å². The Balaban J connectivity index is 3.07. The molecule has 1 aromatic rings. The zero-order valence-corrected chi connectivity index (χ0v) is 10.8. The van der Waals surface area contributed by atoms with Crippen LogP contribution >= 0.6 is 0 Å². The summed E-state index contributed by atoms with van der Waals surface area (Å²) in [5.41, 5.74) is 6.11. The zero-order valence-electron chi connectivity index (χ0n) is 10.8. The van der Waals surface area contributed by atoms with Crippen LogP contribution in [0.1, 0.15) is 34.0 Å². The minimum atomic E-state index is -1.32. The summed E-state index contributed by atoms with van der Waals surface area (Å²) < 4.78 is 4.62. The van der Waals surface area contributed by atoms with Crippen molar-refractivity contribution in [1.82, 2.24) is 0 Å². The molecule has 0 aromatic heterocycles. The second-order valence-corrected chi connectivity index (χ2v) is 4.19. The van der Waals surface area contributed by atoms with Crippen LogP contribution in [-0.2, 0) is 9.53 Å². The minimum Gasteiger partial charge on any atom is -0.465 e. The van der Waals surface area contributed by atoms with Gasteiger partial charge in [-0.2, -0.15) is 0 Å². The molecule has 0 aliphatic carbocycles. The third-order valence-corrected chi connectivity index (χ3v) is 2.87. The Morgan fingerprint density at radius 1 is 1.37 bits per heavy atom. The SMILES string of the molecule is COC(=O)c1cccc(C(O)C(O)CC(N)=O)c1C. The number of ether oxygens (including phenoxy) is 1. The number of hydrogen-bond acceptors (Lipinski definition) is 5. The molecule has 104 valence electrons. The minimum absolute atomic E-state index is 0.297. The topological polar surface area (TPSA) is 110 Å². The van der Waals surface area contributed by atoms with Gasteiger partial charge in [0.25, 0.3) is 0 Å². The van der Waals surface area contributed by atoms with Crippen molar-refractivity contribution in [2.75, 3.05) is 7.11 Å². The van der Waals surface area contributed by atoms with Gasteiger partial charge in [-0.05, 0) is 24.1 Å². The van der Waals surface area contributed by atoms with Crippen molar-refractivity contribution in [2.45, 2.75) is 25.6 Å². The number of carbonyl (C=O) groups is 2. The first-order chi connectivity index (χ1) is 8.88. The van der Waals surface area contributed by atoms with E-state index in [9.17, 15) is 19.8 Å². The van der Waals surface area contributed by atoms with E-state index in [2.05, 4.69) is 4.74 Å². The van der Waals surface area contributed by atoms with Crippen LogP contribution in [0.2, 0.25) is 0 Å². The van der Waals surface area contributed by atoms with Gasteiger partial charge in [0.2, 0.25) is 5.91 Å².